The van der Waals surface area contributed by atoms with Gasteiger partial charge in [0.25, 0.3) is 0 Å². The van der Waals surface area contributed by atoms with Gasteiger partial charge in [-0.15, -0.1) is 0 Å². The van der Waals surface area contributed by atoms with E-state index < -0.39 is 11.9 Å². The molecule has 76 valence electrons. The lowest BCUT2D eigenvalue weighted by atomic mass is 10.1. The summed E-state index contributed by atoms with van der Waals surface area (Å²) in [6.45, 7) is 1.76. The Morgan fingerprint density at radius 2 is 2.36 bits per heavy atom. The van der Waals surface area contributed by atoms with E-state index in [0.717, 1.165) is 6.07 Å². The predicted octanol–water partition coefficient (Wildman–Crippen LogP) is 1.52. The van der Waals surface area contributed by atoms with Crippen molar-refractivity contribution >= 4 is 11.8 Å². The van der Waals surface area contributed by atoms with E-state index in [2.05, 4.69) is 10.3 Å². The number of carbonyl (C=O) groups is 1. The van der Waals surface area contributed by atoms with Gasteiger partial charge in [0.15, 0.2) is 0 Å². The van der Waals surface area contributed by atoms with Gasteiger partial charge in [0.2, 0.25) is 5.95 Å². The van der Waals surface area contributed by atoms with E-state index in [1.807, 2.05) is 0 Å². The lowest BCUT2D eigenvalue weighted by Gasteiger charge is -2.08. The molecule has 0 aliphatic heterocycles. The fraction of sp³-hybridized carbons (Fsp3) is 0.333. The number of nitrogens with zero attached hydrogens (tertiary/aromatic N) is 1. The van der Waals surface area contributed by atoms with Crippen molar-refractivity contribution in [1.82, 2.24) is 4.98 Å². The molecule has 1 aromatic heterocycles. The van der Waals surface area contributed by atoms with Crippen LogP contribution in [0.3, 0.4) is 0 Å². The van der Waals surface area contributed by atoms with Crippen LogP contribution in [0, 0.1) is 5.95 Å². The molecule has 0 amide bonds. The van der Waals surface area contributed by atoms with Gasteiger partial charge in [-0.3, -0.25) is 0 Å². The minimum atomic E-state index is -1.10. The Morgan fingerprint density at radius 1 is 1.71 bits per heavy atom. The number of hydrogen-bond donors (Lipinski definition) is 2. The van der Waals surface area contributed by atoms with Gasteiger partial charge in [0, 0.05) is 7.05 Å². The summed E-state index contributed by atoms with van der Waals surface area (Å²) < 4.78 is 12.9. The second-order valence-corrected chi connectivity index (χ2v) is 2.74. The summed E-state index contributed by atoms with van der Waals surface area (Å²) >= 11 is 0. The molecular weight excluding hydrogens is 187 g/mol. The average Bonchev–Trinajstić information content (AvgIpc) is 2.15. The number of rotatable bonds is 3. The Hall–Kier alpha value is -1.65. The van der Waals surface area contributed by atoms with Gasteiger partial charge in [-0.25, -0.2) is 9.78 Å². The third-order valence-electron chi connectivity index (χ3n) is 1.90. The lowest BCUT2D eigenvalue weighted by Crippen LogP contribution is -2.10. The molecule has 0 aliphatic carbocycles. The number of carboxylic acid groups (broad SMARTS) is 1. The number of hydrogen-bond acceptors (Lipinski definition) is 3. The zero-order chi connectivity index (χ0) is 10.7. The monoisotopic (exact) mass is 198 g/mol. The van der Waals surface area contributed by atoms with Crippen molar-refractivity contribution in [3.63, 3.8) is 0 Å². The molecule has 14 heavy (non-hydrogen) atoms. The molecule has 1 aromatic rings. The van der Waals surface area contributed by atoms with Crippen LogP contribution in [-0.2, 0) is 6.42 Å². The number of aromatic nitrogens is 1. The molecule has 0 unspecified atom stereocenters. The third kappa shape index (κ3) is 1.81. The Morgan fingerprint density at radius 3 is 2.79 bits per heavy atom. The Bertz CT molecular complexity index is 341. The molecule has 4 nitrogen and oxygen atoms in total. The maximum Gasteiger partial charge on any atom is 0.339 e. The summed E-state index contributed by atoms with van der Waals surface area (Å²) in [4.78, 5) is 14.3. The topological polar surface area (TPSA) is 62.2 Å². The first-order valence-corrected chi connectivity index (χ1v) is 4.20. The van der Waals surface area contributed by atoms with Crippen LogP contribution in [-0.4, -0.2) is 23.1 Å². The zero-order valence-corrected chi connectivity index (χ0v) is 7.97. The number of aromatic carboxylic acids is 1. The molecule has 0 aromatic carbocycles. The van der Waals surface area contributed by atoms with Crippen molar-refractivity contribution in [3.05, 3.63) is 23.1 Å². The lowest BCUT2D eigenvalue weighted by molar-refractivity contribution is 0.0696. The fourth-order valence-electron chi connectivity index (χ4n) is 1.26. The van der Waals surface area contributed by atoms with E-state index in [1.165, 1.54) is 7.05 Å². The predicted molar refractivity (Wildman–Crippen MR) is 50.1 cm³/mol. The van der Waals surface area contributed by atoms with Gasteiger partial charge >= 0.3 is 5.97 Å². The number of aryl methyl sites for hydroxylation is 1. The number of carboxylic acids is 1. The highest BCUT2D eigenvalue weighted by molar-refractivity contribution is 5.94. The highest BCUT2D eigenvalue weighted by Gasteiger charge is 2.16. The van der Waals surface area contributed by atoms with E-state index in [-0.39, 0.29) is 11.4 Å². The van der Waals surface area contributed by atoms with Crippen LogP contribution >= 0.6 is 0 Å². The second kappa shape index (κ2) is 4.04. The van der Waals surface area contributed by atoms with Crippen LogP contribution in [0.25, 0.3) is 0 Å². The van der Waals surface area contributed by atoms with E-state index >= 15 is 0 Å². The van der Waals surface area contributed by atoms with E-state index in [4.69, 9.17) is 5.11 Å². The van der Waals surface area contributed by atoms with Gasteiger partial charge in [-0.1, -0.05) is 6.92 Å². The molecule has 0 bridgehead atoms. The SMILES string of the molecule is CCc1cc(F)nc(NC)c1C(=O)O. The molecule has 1 rings (SSSR count). The maximum atomic E-state index is 12.9. The average molecular weight is 198 g/mol. The molecule has 0 aliphatic rings. The van der Waals surface area contributed by atoms with Crippen LogP contribution in [0.1, 0.15) is 22.8 Å². The molecule has 0 atom stereocenters. The van der Waals surface area contributed by atoms with Gasteiger partial charge in [0.1, 0.15) is 11.4 Å². The first kappa shape index (κ1) is 10.4. The summed E-state index contributed by atoms with van der Waals surface area (Å²) in [6, 6.07) is 1.14. The highest BCUT2D eigenvalue weighted by atomic mass is 19.1. The molecule has 1 heterocycles. The molecule has 0 radical (unpaired) electrons. The first-order chi connectivity index (χ1) is 6.60. The molecule has 0 spiro atoms. The van der Waals surface area contributed by atoms with Crippen LogP contribution in [0.4, 0.5) is 10.2 Å². The van der Waals surface area contributed by atoms with E-state index in [9.17, 15) is 9.18 Å². The number of halogens is 1. The first-order valence-electron chi connectivity index (χ1n) is 4.20. The second-order valence-electron chi connectivity index (χ2n) is 2.74. The molecule has 0 fully saturated rings. The van der Waals surface area contributed by atoms with Crippen molar-refractivity contribution in [2.75, 3.05) is 12.4 Å². The van der Waals surface area contributed by atoms with Crippen LogP contribution < -0.4 is 5.32 Å². The zero-order valence-electron chi connectivity index (χ0n) is 7.97. The van der Waals surface area contributed by atoms with Crippen molar-refractivity contribution in [3.8, 4) is 0 Å². The minimum Gasteiger partial charge on any atom is -0.478 e. The largest absolute Gasteiger partial charge is 0.478 e. The number of anilines is 1. The van der Waals surface area contributed by atoms with Crippen LogP contribution in [0.5, 0.6) is 0 Å². The van der Waals surface area contributed by atoms with Crippen molar-refractivity contribution in [1.29, 1.82) is 0 Å². The summed E-state index contributed by atoms with van der Waals surface area (Å²) in [5.74, 6) is -1.70. The molecule has 0 saturated carbocycles. The van der Waals surface area contributed by atoms with Crippen molar-refractivity contribution < 1.29 is 14.3 Å². The van der Waals surface area contributed by atoms with Crippen molar-refractivity contribution in [2.24, 2.45) is 0 Å². The summed E-state index contributed by atoms with van der Waals surface area (Å²) in [5, 5.41) is 11.5. The Kier molecular flexibility index (Phi) is 3.01. The quantitative estimate of drug-likeness (QED) is 0.723. The minimum absolute atomic E-state index is 0.0383. The van der Waals surface area contributed by atoms with Gasteiger partial charge in [0.05, 0.1) is 0 Å². The fourth-order valence-corrected chi connectivity index (χ4v) is 1.26. The number of pyridine rings is 1. The van der Waals surface area contributed by atoms with Crippen LogP contribution in [0.15, 0.2) is 6.07 Å². The third-order valence-corrected chi connectivity index (χ3v) is 1.90. The standard InChI is InChI=1S/C9H11FN2O2/c1-3-5-4-6(10)12-8(11-2)7(5)9(13)14/h4H,3H2,1-2H3,(H,11,12)(H,13,14). The Balaban J connectivity index is 3.40. The van der Waals surface area contributed by atoms with E-state index in [1.54, 1.807) is 6.92 Å². The highest BCUT2D eigenvalue weighted by Crippen LogP contribution is 2.19. The smallest absolute Gasteiger partial charge is 0.339 e. The summed E-state index contributed by atoms with van der Waals surface area (Å²) in [7, 11) is 1.51. The van der Waals surface area contributed by atoms with Crippen molar-refractivity contribution in [2.45, 2.75) is 13.3 Å². The molecule has 5 heteroatoms. The van der Waals surface area contributed by atoms with Crippen LogP contribution in [0.2, 0.25) is 0 Å². The Labute approximate surface area is 80.8 Å². The molecular formula is C9H11FN2O2. The summed E-state index contributed by atoms with van der Waals surface area (Å²) in [6.07, 6.45) is 0.454. The maximum absolute atomic E-state index is 12.9. The number of nitrogens with one attached hydrogen (secondary N) is 1. The van der Waals surface area contributed by atoms with Gasteiger partial charge in [-0.05, 0) is 18.1 Å². The van der Waals surface area contributed by atoms with Gasteiger partial charge < -0.3 is 10.4 Å². The molecule has 2 N–H and O–H groups in total. The molecule has 0 saturated heterocycles. The van der Waals surface area contributed by atoms with E-state index in [0.29, 0.717) is 12.0 Å². The van der Waals surface area contributed by atoms with Gasteiger partial charge in [-0.2, -0.15) is 4.39 Å². The normalized spacial score (nSPS) is 9.93. The summed E-state index contributed by atoms with van der Waals surface area (Å²) in [5.41, 5.74) is 0.478.